The van der Waals surface area contributed by atoms with Crippen molar-refractivity contribution in [2.45, 2.75) is 18.6 Å². The topological polar surface area (TPSA) is 62.5 Å². The number of aryl methyl sites for hydroxylation is 1. The van der Waals surface area contributed by atoms with Gasteiger partial charge < -0.3 is 14.6 Å². The van der Waals surface area contributed by atoms with E-state index in [1.54, 1.807) is 7.05 Å². The fraction of sp³-hybridized carbons (Fsp3) is 0.500. The number of carbonyl (C=O) groups is 1. The summed E-state index contributed by atoms with van der Waals surface area (Å²) in [6.07, 6.45) is 0.489. The molecule has 2 rings (SSSR count). The fourth-order valence-corrected chi connectivity index (χ4v) is 2.79. The molecule has 0 bridgehead atoms. The molecule has 2 atom stereocenters. The van der Waals surface area contributed by atoms with E-state index in [0.717, 1.165) is 0 Å². The van der Waals surface area contributed by atoms with Crippen molar-refractivity contribution in [3.8, 4) is 0 Å². The Labute approximate surface area is 117 Å². The Morgan fingerprint density at radius 1 is 1.63 bits per heavy atom. The van der Waals surface area contributed by atoms with Crippen molar-refractivity contribution in [1.82, 2.24) is 9.47 Å². The highest BCUT2D eigenvalue weighted by molar-refractivity contribution is 9.10. The van der Waals surface area contributed by atoms with Gasteiger partial charge in [0.25, 0.3) is 11.5 Å². The van der Waals surface area contributed by atoms with Gasteiger partial charge in [-0.15, -0.1) is 0 Å². The molecule has 1 aromatic rings. The van der Waals surface area contributed by atoms with Crippen LogP contribution in [0.1, 0.15) is 16.8 Å². The molecule has 1 N–H and O–H groups in total. The van der Waals surface area contributed by atoms with Crippen LogP contribution < -0.4 is 5.56 Å². The number of aliphatic hydroxyl groups excluding tert-OH is 1. The molecule has 1 aliphatic rings. The van der Waals surface area contributed by atoms with Crippen LogP contribution in [0.3, 0.4) is 0 Å². The van der Waals surface area contributed by atoms with E-state index in [1.807, 2.05) is 0 Å². The summed E-state index contributed by atoms with van der Waals surface area (Å²) in [6, 6.07) is 0.685. The molecule has 0 aromatic carbocycles. The van der Waals surface area contributed by atoms with E-state index in [1.165, 1.54) is 21.7 Å². The molecule has 1 fully saturated rings. The zero-order valence-electron chi connectivity index (χ0n) is 10.3. The quantitative estimate of drug-likeness (QED) is 0.866. The fourth-order valence-electron chi connectivity index (χ4n) is 2.20. The van der Waals surface area contributed by atoms with Gasteiger partial charge >= 0.3 is 0 Å². The highest BCUT2D eigenvalue weighted by Crippen LogP contribution is 2.24. The Hall–Kier alpha value is -1.21. The van der Waals surface area contributed by atoms with Gasteiger partial charge in [0, 0.05) is 30.2 Å². The van der Waals surface area contributed by atoms with E-state index in [-0.39, 0.29) is 30.7 Å². The number of hydrogen-bond acceptors (Lipinski definition) is 3. The van der Waals surface area contributed by atoms with Gasteiger partial charge in [0.2, 0.25) is 0 Å². The van der Waals surface area contributed by atoms with E-state index in [4.69, 9.17) is 0 Å². The molecule has 0 unspecified atom stereocenters. The van der Waals surface area contributed by atoms with Crippen molar-refractivity contribution in [2.24, 2.45) is 7.05 Å². The summed E-state index contributed by atoms with van der Waals surface area (Å²) in [5.74, 6) is -0.441. The van der Waals surface area contributed by atoms with Gasteiger partial charge in [0.05, 0.1) is 24.8 Å². The average Bonchev–Trinajstić information content (AvgIpc) is 2.74. The lowest BCUT2D eigenvalue weighted by atomic mass is 10.2. The number of hydrogen-bond donors (Lipinski definition) is 1. The molecule has 0 aliphatic carbocycles. The third-order valence-corrected chi connectivity index (χ3v) is 3.88. The minimum Gasteiger partial charge on any atom is -0.394 e. The molecular formula is C12H14BrFN2O3. The summed E-state index contributed by atoms with van der Waals surface area (Å²) in [6.45, 7) is -0.333. The number of pyridine rings is 1. The first-order chi connectivity index (χ1) is 8.93. The largest absolute Gasteiger partial charge is 0.394 e. The van der Waals surface area contributed by atoms with Crippen LogP contribution in [0.5, 0.6) is 0 Å². The number of amides is 1. The first kappa shape index (κ1) is 14.2. The minimum absolute atomic E-state index is 0.0499. The van der Waals surface area contributed by atoms with Crippen LogP contribution in [0.15, 0.2) is 21.5 Å². The maximum Gasteiger partial charge on any atom is 0.255 e. The van der Waals surface area contributed by atoms with Crippen LogP contribution in [-0.2, 0) is 7.05 Å². The molecule has 0 spiro atoms. The van der Waals surface area contributed by atoms with Crippen LogP contribution in [-0.4, -0.2) is 45.8 Å². The Morgan fingerprint density at radius 2 is 2.32 bits per heavy atom. The Morgan fingerprint density at radius 3 is 2.95 bits per heavy atom. The number of rotatable bonds is 2. The Bertz CT molecular complexity index is 560. The van der Waals surface area contributed by atoms with Gasteiger partial charge in [-0.05, 0) is 15.9 Å². The number of alkyl halides is 1. The first-order valence-electron chi connectivity index (χ1n) is 5.86. The molecule has 2 heterocycles. The lowest BCUT2D eigenvalue weighted by Gasteiger charge is -2.23. The molecule has 1 saturated heterocycles. The van der Waals surface area contributed by atoms with Gasteiger partial charge in [-0.3, -0.25) is 9.59 Å². The standard InChI is InChI=1S/C12H14BrFN2O3/c1-15-5-10(13)9(3-11(15)18)12(19)16-4-7(14)2-8(16)6-17/h3,5,7-8,17H,2,4,6H2,1H3/t7-,8-/m0/s1. The number of aliphatic hydroxyl groups is 1. The van der Waals surface area contributed by atoms with Gasteiger partial charge in [-0.1, -0.05) is 0 Å². The maximum atomic E-state index is 13.3. The van der Waals surface area contributed by atoms with E-state index in [9.17, 15) is 19.1 Å². The van der Waals surface area contributed by atoms with E-state index >= 15 is 0 Å². The monoisotopic (exact) mass is 332 g/mol. The summed E-state index contributed by atoms with van der Waals surface area (Å²) < 4.78 is 15.2. The summed E-state index contributed by atoms with van der Waals surface area (Å²) in [5.41, 5.74) is -0.126. The summed E-state index contributed by atoms with van der Waals surface area (Å²) in [4.78, 5) is 25.2. The van der Waals surface area contributed by atoms with Gasteiger partial charge in [-0.25, -0.2) is 4.39 Å². The zero-order valence-corrected chi connectivity index (χ0v) is 11.9. The van der Waals surface area contributed by atoms with Crippen molar-refractivity contribution in [3.63, 3.8) is 0 Å². The summed E-state index contributed by atoms with van der Waals surface area (Å²) in [5, 5.41) is 9.18. The number of nitrogens with zero attached hydrogens (tertiary/aromatic N) is 2. The highest BCUT2D eigenvalue weighted by Gasteiger charge is 2.36. The second kappa shape index (κ2) is 5.42. The molecule has 104 valence electrons. The van der Waals surface area contributed by atoms with Gasteiger partial charge in [0.15, 0.2) is 0 Å². The second-order valence-electron chi connectivity index (χ2n) is 4.61. The van der Waals surface area contributed by atoms with Crippen molar-refractivity contribution in [3.05, 3.63) is 32.7 Å². The van der Waals surface area contributed by atoms with Crippen LogP contribution in [0.4, 0.5) is 4.39 Å². The van der Waals surface area contributed by atoms with Crippen molar-refractivity contribution < 1.29 is 14.3 Å². The molecule has 0 radical (unpaired) electrons. The molecule has 5 nitrogen and oxygen atoms in total. The number of carbonyl (C=O) groups excluding carboxylic acids is 1. The van der Waals surface area contributed by atoms with Crippen LogP contribution in [0.25, 0.3) is 0 Å². The third kappa shape index (κ3) is 2.71. The summed E-state index contributed by atoms with van der Waals surface area (Å²) in [7, 11) is 1.57. The van der Waals surface area contributed by atoms with E-state index < -0.39 is 18.1 Å². The maximum absolute atomic E-state index is 13.3. The molecule has 19 heavy (non-hydrogen) atoms. The number of aromatic nitrogens is 1. The molecule has 1 aromatic heterocycles. The molecule has 1 amide bonds. The zero-order chi connectivity index (χ0) is 14.2. The number of likely N-dealkylation sites (tertiary alicyclic amines) is 1. The lowest BCUT2D eigenvalue weighted by Crippen LogP contribution is -2.38. The smallest absolute Gasteiger partial charge is 0.255 e. The molecule has 7 heteroatoms. The predicted molar refractivity (Wildman–Crippen MR) is 70.8 cm³/mol. The Balaban J connectivity index is 2.34. The first-order valence-corrected chi connectivity index (χ1v) is 6.65. The van der Waals surface area contributed by atoms with Crippen molar-refractivity contribution in [1.29, 1.82) is 0 Å². The Kier molecular flexibility index (Phi) is 4.05. The van der Waals surface area contributed by atoms with Gasteiger partial charge in [-0.2, -0.15) is 0 Å². The molecular weight excluding hydrogens is 319 g/mol. The molecule has 0 saturated carbocycles. The van der Waals surface area contributed by atoms with E-state index in [2.05, 4.69) is 15.9 Å². The highest BCUT2D eigenvalue weighted by atomic mass is 79.9. The second-order valence-corrected chi connectivity index (χ2v) is 5.47. The third-order valence-electron chi connectivity index (χ3n) is 3.25. The lowest BCUT2D eigenvalue weighted by molar-refractivity contribution is 0.0671. The normalized spacial score (nSPS) is 22.8. The summed E-state index contributed by atoms with van der Waals surface area (Å²) >= 11 is 3.22. The van der Waals surface area contributed by atoms with Crippen LogP contribution in [0.2, 0.25) is 0 Å². The molecule has 1 aliphatic heterocycles. The minimum atomic E-state index is -1.13. The van der Waals surface area contributed by atoms with Crippen LogP contribution >= 0.6 is 15.9 Å². The van der Waals surface area contributed by atoms with Crippen LogP contribution in [0, 0.1) is 0 Å². The van der Waals surface area contributed by atoms with Crippen molar-refractivity contribution >= 4 is 21.8 Å². The average molecular weight is 333 g/mol. The predicted octanol–water partition coefficient (Wildman–Crippen LogP) is 0.693. The van der Waals surface area contributed by atoms with Gasteiger partial charge in [0.1, 0.15) is 6.17 Å². The van der Waals surface area contributed by atoms with E-state index in [0.29, 0.717) is 4.47 Å². The number of halogens is 2. The SMILES string of the molecule is Cn1cc(Br)c(C(=O)N2C[C@@H](F)C[C@H]2CO)cc1=O. The van der Waals surface area contributed by atoms with Crippen molar-refractivity contribution in [2.75, 3.05) is 13.2 Å².